The summed E-state index contributed by atoms with van der Waals surface area (Å²) in [6.07, 6.45) is -0.401. The summed E-state index contributed by atoms with van der Waals surface area (Å²) in [6.45, 7) is 2.20. The molecular formula is C16H16BrFO2. The van der Waals surface area contributed by atoms with Gasteiger partial charge in [0.1, 0.15) is 18.2 Å². The topological polar surface area (TPSA) is 29.5 Å². The van der Waals surface area contributed by atoms with Gasteiger partial charge in [0.15, 0.2) is 0 Å². The highest BCUT2D eigenvalue weighted by molar-refractivity contribution is 9.10. The first-order valence-electron chi connectivity index (χ1n) is 6.46. The van der Waals surface area contributed by atoms with Gasteiger partial charge in [0, 0.05) is 5.56 Å². The lowest BCUT2D eigenvalue weighted by Crippen LogP contribution is -2.03. The lowest BCUT2D eigenvalue weighted by molar-refractivity contribution is 0.167. The molecule has 0 aliphatic heterocycles. The van der Waals surface area contributed by atoms with Crippen LogP contribution in [0, 0.1) is 5.82 Å². The van der Waals surface area contributed by atoms with Crippen LogP contribution < -0.4 is 4.74 Å². The van der Waals surface area contributed by atoms with Crippen LogP contribution in [0.2, 0.25) is 0 Å². The fourth-order valence-electron chi connectivity index (χ4n) is 1.91. The van der Waals surface area contributed by atoms with Crippen LogP contribution in [0.5, 0.6) is 5.75 Å². The molecule has 1 N–H and O–H groups in total. The van der Waals surface area contributed by atoms with E-state index < -0.39 is 11.9 Å². The molecule has 20 heavy (non-hydrogen) atoms. The highest BCUT2D eigenvalue weighted by atomic mass is 79.9. The summed E-state index contributed by atoms with van der Waals surface area (Å²) in [5.41, 5.74) is 1.28. The molecule has 2 nitrogen and oxygen atoms in total. The van der Waals surface area contributed by atoms with Crippen molar-refractivity contribution in [1.82, 2.24) is 0 Å². The van der Waals surface area contributed by atoms with Crippen molar-refractivity contribution < 1.29 is 14.2 Å². The summed E-state index contributed by atoms with van der Waals surface area (Å²) in [5, 5.41) is 9.88. The number of aliphatic hydroxyl groups is 1. The van der Waals surface area contributed by atoms with Crippen LogP contribution in [0.25, 0.3) is 0 Å². The summed E-state index contributed by atoms with van der Waals surface area (Å²) < 4.78 is 19.9. The maximum atomic E-state index is 13.8. The zero-order chi connectivity index (χ0) is 14.5. The molecule has 0 aromatic heterocycles. The summed E-state index contributed by atoms with van der Waals surface area (Å²) >= 11 is 3.32. The van der Waals surface area contributed by atoms with Gasteiger partial charge in [0.2, 0.25) is 0 Å². The fourth-order valence-corrected chi connectivity index (χ4v) is 2.61. The smallest absolute Gasteiger partial charge is 0.134 e. The first-order valence-corrected chi connectivity index (χ1v) is 7.25. The molecule has 106 valence electrons. The van der Waals surface area contributed by atoms with Gasteiger partial charge in [-0.15, -0.1) is 0 Å². The second kappa shape index (κ2) is 6.86. The van der Waals surface area contributed by atoms with Crippen LogP contribution in [0.4, 0.5) is 4.39 Å². The molecule has 0 saturated heterocycles. The summed E-state index contributed by atoms with van der Waals surface area (Å²) in [7, 11) is 0. The number of hydrogen-bond acceptors (Lipinski definition) is 2. The van der Waals surface area contributed by atoms with Crippen molar-refractivity contribution in [3.63, 3.8) is 0 Å². The Hall–Kier alpha value is -1.39. The van der Waals surface area contributed by atoms with E-state index in [9.17, 15) is 9.50 Å². The lowest BCUT2D eigenvalue weighted by Gasteiger charge is -2.15. The van der Waals surface area contributed by atoms with Crippen LogP contribution in [-0.4, -0.2) is 5.11 Å². The molecule has 0 radical (unpaired) electrons. The molecule has 0 fully saturated rings. The third kappa shape index (κ3) is 3.38. The van der Waals surface area contributed by atoms with Gasteiger partial charge in [-0.2, -0.15) is 0 Å². The van der Waals surface area contributed by atoms with Crippen molar-refractivity contribution in [2.24, 2.45) is 0 Å². The minimum Gasteiger partial charge on any atom is -0.488 e. The predicted molar refractivity (Wildman–Crippen MR) is 80.1 cm³/mol. The molecule has 1 atom stereocenters. The summed E-state index contributed by atoms with van der Waals surface area (Å²) in [5.74, 6) is 0.0936. The molecular weight excluding hydrogens is 323 g/mol. The van der Waals surface area contributed by atoms with E-state index in [1.807, 2.05) is 30.3 Å². The second-order valence-corrected chi connectivity index (χ2v) is 5.26. The molecule has 0 amide bonds. The normalized spacial score (nSPS) is 12.2. The first kappa shape index (κ1) is 15.0. The Balaban J connectivity index is 2.20. The fraction of sp³-hybridized carbons (Fsp3) is 0.250. The molecule has 4 heteroatoms. The molecule has 0 aliphatic rings. The number of halogens is 2. The molecule has 1 unspecified atom stereocenters. The van der Waals surface area contributed by atoms with Crippen molar-refractivity contribution in [2.45, 2.75) is 26.1 Å². The second-order valence-electron chi connectivity index (χ2n) is 4.47. The summed E-state index contributed by atoms with van der Waals surface area (Å²) in [4.78, 5) is 0. The number of aliphatic hydroxyl groups excluding tert-OH is 1. The molecule has 0 bridgehead atoms. The van der Waals surface area contributed by atoms with Crippen molar-refractivity contribution in [3.05, 3.63) is 63.9 Å². The average molecular weight is 339 g/mol. The van der Waals surface area contributed by atoms with Crippen molar-refractivity contribution >= 4 is 15.9 Å². The van der Waals surface area contributed by atoms with Gasteiger partial charge in [-0.05, 0) is 40.0 Å². The minimum atomic E-state index is -0.843. The quantitative estimate of drug-likeness (QED) is 0.862. The Morgan fingerprint density at radius 2 is 1.90 bits per heavy atom. The van der Waals surface area contributed by atoms with Crippen LogP contribution in [0.15, 0.2) is 46.9 Å². The Bertz CT molecular complexity index is 572. The first-order chi connectivity index (χ1) is 9.63. The number of hydrogen-bond donors (Lipinski definition) is 1. The monoisotopic (exact) mass is 338 g/mol. The third-order valence-electron chi connectivity index (χ3n) is 3.05. The zero-order valence-electron chi connectivity index (χ0n) is 11.1. The van der Waals surface area contributed by atoms with Gasteiger partial charge in [-0.25, -0.2) is 4.39 Å². The Labute approximate surface area is 126 Å². The Morgan fingerprint density at radius 3 is 2.55 bits per heavy atom. The maximum absolute atomic E-state index is 13.8. The van der Waals surface area contributed by atoms with E-state index in [0.29, 0.717) is 23.2 Å². The van der Waals surface area contributed by atoms with E-state index in [0.717, 1.165) is 5.56 Å². The van der Waals surface area contributed by atoms with E-state index in [2.05, 4.69) is 15.9 Å². The van der Waals surface area contributed by atoms with E-state index in [4.69, 9.17) is 4.74 Å². The Kier molecular flexibility index (Phi) is 5.15. The van der Waals surface area contributed by atoms with Gasteiger partial charge in [0.05, 0.1) is 10.6 Å². The number of rotatable bonds is 5. The van der Waals surface area contributed by atoms with Gasteiger partial charge in [0.25, 0.3) is 0 Å². The molecule has 0 heterocycles. The van der Waals surface area contributed by atoms with Gasteiger partial charge in [-0.3, -0.25) is 0 Å². The molecule has 0 spiro atoms. The maximum Gasteiger partial charge on any atom is 0.134 e. The van der Waals surface area contributed by atoms with Gasteiger partial charge < -0.3 is 9.84 Å². The molecule has 0 aliphatic carbocycles. The van der Waals surface area contributed by atoms with Crippen LogP contribution in [0.3, 0.4) is 0 Å². The highest BCUT2D eigenvalue weighted by Crippen LogP contribution is 2.35. The van der Waals surface area contributed by atoms with Crippen LogP contribution in [-0.2, 0) is 6.61 Å². The number of benzene rings is 2. The Morgan fingerprint density at radius 1 is 1.20 bits per heavy atom. The third-order valence-corrected chi connectivity index (χ3v) is 3.87. The molecule has 2 aromatic carbocycles. The van der Waals surface area contributed by atoms with Gasteiger partial charge >= 0.3 is 0 Å². The van der Waals surface area contributed by atoms with Crippen molar-refractivity contribution in [3.8, 4) is 5.75 Å². The molecule has 0 saturated carbocycles. The summed E-state index contributed by atoms with van der Waals surface area (Å²) in [6, 6.07) is 12.6. The van der Waals surface area contributed by atoms with Crippen molar-refractivity contribution in [2.75, 3.05) is 0 Å². The minimum absolute atomic E-state index is 0.248. The SMILES string of the molecule is CCC(O)c1c(F)ccc(OCc2ccccc2)c1Br. The molecule has 2 aromatic rings. The van der Waals surface area contributed by atoms with E-state index in [1.165, 1.54) is 6.07 Å². The van der Waals surface area contributed by atoms with Crippen LogP contribution >= 0.6 is 15.9 Å². The lowest BCUT2D eigenvalue weighted by atomic mass is 10.1. The number of ether oxygens (including phenoxy) is 1. The standard InChI is InChI=1S/C16H16BrFO2/c1-2-13(19)15-12(18)8-9-14(16(15)17)20-10-11-6-4-3-5-7-11/h3-9,13,19H,2,10H2,1H3. The van der Waals surface area contributed by atoms with Crippen LogP contribution in [0.1, 0.15) is 30.6 Å². The van der Waals surface area contributed by atoms with E-state index in [1.54, 1.807) is 13.0 Å². The molecule has 2 rings (SSSR count). The van der Waals surface area contributed by atoms with E-state index >= 15 is 0 Å². The zero-order valence-corrected chi connectivity index (χ0v) is 12.7. The van der Waals surface area contributed by atoms with Crippen molar-refractivity contribution in [1.29, 1.82) is 0 Å². The highest BCUT2D eigenvalue weighted by Gasteiger charge is 2.18. The largest absolute Gasteiger partial charge is 0.488 e. The van der Waals surface area contributed by atoms with Gasteiger partial charge in [-0.1, -0.05) is 37.3 Å². The average Bonchev–Trinajstić information content (AvgIpc) is 2.47. The van der Waals surface area contributed by atoms with E-state index in [-0.39, 0.29) is 5.56 Å². The predicted octanol–water partition coefficient (Wildman–Crippen LogP) is 4.61.